The highest BCUT2D eigenvalue weighted by Gasteiger charge is 2.35. The van der Waals surface area contributed by atoms with Crippen LogP contribution in [0.4, 0.5) is 23.2 Å². The predicted molar refractivity (Wildman–Crippen MR) is 123 cm³/mol. The van der Waals surface area contributed by atoms with Crippen LogP contribution in [-0.4, -0.2) is 30.5 Å². The van der Waals surface area contributed by atoms with Gasteiger partial charge in [-0.3, -0.25) is 18.5 Å². The molecule has 0 radical (unpaired) electrons. The molecule has 0 spiro atoms. The Labute approximate surface area is 206 Å². The monoisotopic (exact) mass is 548 g/mol. The molecule has 0 saturated heterocycles. The normalized spacial score (nSPS) is 11.9. The SMILES string of the molecule is CN(c1ccccc1)S(=O)(=O)NC(=O)Cc1cc(-n2c(=O)cc(C(F)(F)F)n(C)c2=O)c(F)cc1Cl. The molecule has 36 heavy (non-hydrogen) atoms. The molecule has 15 heteroatoms. The van der Waals surface area contributed by atoms with Gasteiger partial charge in [-0.25, -0.2) is 18.5 Å². The number of hydrogen-bond donors (Lipinski definition) is 1. The van der Waals surface area contributed by atoms with Gasteiger partial charge in [0.1, 0.15) is 11.5 Å². The second-order valence-corrected chi connectivity index (χ2v) is 9.56. The molecule has 192 valence electrons. The number of hydrogen-bond acceptors (Lipinski definition) is 5. The molecule has 0 fully saturated rings. The molecule has 0 atom stereocenters. The number of halogens is 5. The third kappa shape index (κ3) is 5.44. The molecule has 9 nitrogen and oxygen atoms in total. The minimum absolute atomic E-state index is 0.119. The van der Waals surface area contributed by atoms with Crippen molar-refractivity contribution >= 4 is 33.4 Å². The van der Waals surface area contributed by atoms with E-state index in [1.165, 1.54) is 19.2 Å². The average molecular weight is 549 g/mol. The first-order chi connectivity index (χ1) is 16.6. The molecule has 0 aliphatic rings. The molecule has 3 rings (SSSR count). The first-order valence-corrected chi connectivity index (χ1v) is 11.7. The fraction of sp³-hybridized carbons (Fsp3) is 0.190. The van der Waals surface area contributed by atoms with Gasteiger partial charge in [0.15, 0.2) is 0 Å². The van der Waals surface area contributed by atoms with Crippen molar-refractivity contribution in [3.8, 4) is 5.69 Å². The maximum Gasteiger partial charge on any atom is 0.431 e. The molecule has 0 unspecified atom stereocenters. The zero-order chi connectivity index (χ0) is 27.0. The summed E-state index contributed by atoms with van der Waals surface area (Å²) in [5, 5.41) is -0.350. The van der Waals surface area contributed by atoms with Crippen molar-refractivity contribution in [3.63, 3.8) is 0 Å². The van der Waals surface area contributed by atoms with Gasteiger partial charge in [0.05, 0.1) is 17.8 Å². The van der Waals surface area contributed by atoms with Gasteiger partial charge in [-0.1, -0.05) is 29.8 Å². The first kappa shape index (κ1) is 26.9. The number of amides is 1. The summed E-state index contributed by atoms with van der Waals surface area (Å²) in [5.74, 6) is -2.33. The summed E-state index contributed by atoms with van der Waals surface area (Å²) in [4.78, 5) is 37.3. The maximum absolute atomic E-state index is 14.6. The van der Waals surface area contributed by atoms with Gasteiger partial charge in [0, 0.05) is 25.2 Å². The molecule has 0 aliphatic heterocycles. The molecule has 0 saturated carbocycles. The highest BCUT2D eigenvalue weighted by atomic mass is 35.5. The number of aromatic nitrogens is 2. The van der Waals surface area contributed by atoms with E-state index in [2.05, 4.69) is 0 Å². The number of rotatable bonds is 6. The predicted octanol–water partition coefficient (Wildman–Crippen LogP) is 2.39. The van der Waals surface area contributed by atoms with Crippen LogP contribution in [0.5, 0.6) is 0 Å². The lowest BCUT2D eigenvalue weighted by Gasteiger charge is -2.19. The summed E-state index contributed by atoms with van der Waals surface area (Å²) >= 11 is 5.96. The number of anilines is 1. The van der Waals surface area contributed by atoms with Crippen LogP contribution in [0.1, 0.15) is 11.3 Å². The third-order valence-corrected chi connectivity index (χ3v) is 6.81. The smallest absolute Gasteiger partial charge is 0.292 e. The van der Waals surface area contributed by atoms with Crippen molar-refractivity contribution in [1.82, 2.24) is 13.9 Å². The van der Waals surface area contributed by atoms with E-state index in [-0.39, 0.29) is 31.5 Å². The van der Waals surface area contributed by atoms with Crippen molar-refractivity contribution < 1.29 is 30.8 Å². The third-order valence-electron chi connectivity index (χ3n) is 5.04. The number of benzene rings is 2. The first-order valence-electron chi connectivity index (χ1n) is 9.86. The molecular formula is C21H17ClF4N4O5S. The summed E-state index contributed by atoms with van der Waals surface area (Å²) < 4.78 is 81.8. The van der Waals surface area contributed by atoms with Crippen LogP contribution in [-0.2, 0) is 34.6 Å². The van der Waals surface area contributed by atoms with Crippen LogP contribution in [0.15, 0.2) is 58.1 Å². The summed E-state index contributed by atoms with van der Waals surface area (Å²) in [7, 11) is -2.41. The molecule has 1 N–H and O–H groups in total. The van der Waals surface area contributed by atoms with Gasteiger partial charge in [-0.15, -0.1) is 0 Å². The van der Waals surface area contributed by atoms with Crippen molar-refractivity contribution in [2.45, 2.75) is 12.6 Å². The molecule has 1 amide bonds. The Hall–Kier alpha value is -3.65. The Morgan fingerprint density at radius 1 is 1.11 bits per heavy atom. The van der Waals surface area contributed by atoms with Crippen molar-refractivity contribution in [3.05, 3.63) is 91.5 Å². The van der Waals surface area contributed by atoms with E-state index in [0.717, 1.165) is 17.4 Å². The summed E-state index contributed by atoms with van der Waals surface area (Å²) in [6.45, 7) is 0. The van der Waals surface area contributed by atoms with Crippen molar-refractivity contribution in [1.29, 1.82) is 0 Å². The van der Waals surface area contributed by atoms with E-state index < -0.39 is 57.2 Å². The molecular weight excluding hydrogens is 532 g/mol. The summed E-state index contributed by atoms with van der Waals surface area (Å²) in [6.07, 6.45) is -5.75. The van der Waals surface area contributed by atoms with Gasteiger partial charge in [-0.05, 0) is 29.8 Å². The van der Waals surface area contributed by atoms with Gasteiger partial charge in [0.25, 0.3) is 5.56 Å². The number of nitrogens with one attached hydrogen (secondary N) is 1. The van der Waals surface area contributed by atoms with Crippen LogP contribution in [0, 0.1) is 5.82 Å². The number of nitrogens with zero attached hydrogens (tertiary/aromatic N) is 3. The summed E-state index contributed by atoms with van der Waals surface area (Å²) in [5.41, 5.74) is -5.25. The summed E-state index contributed by atoms with van der Waals surface area (Å²) in [6, 6.07) is 9.35. The molecule has 0 bridgehead atoms. The fourth-order valence-corrected chi connectivity index (χ4v) is 4.32. The van der Waals surface area contributed by atoms with Crippen molar-refractivity contribution in [2.24, 2.45) is 7.05 Å². The molecule has 2 aromatic carbocycles. The highest BCUT2D eigenvalue weighted by Crippen LogP contribution is 2.27. The minimum atomic E-state index is -5.02. The van der Waals surface area contributed by atoms with Crippen LogP contribution in [0.2, 0.25) is 5.02 Å². The largest absolute Gasteiger partial charge is 0.431 e. The van der Waals surface area contributed by atoms with E-state index >= 15 is 0 Å². The van der Waals surface area contributed by atoms with Crippen LogP contribution in [0.3, 0.4) is 0 Å². The maximum atomic E-state index is 14.6. The zero-order valence-corrected chi connectivity index (χ0v) is 20.1. The lowest BCUT2D eigenvalue weighted by atomic mass is 10.1. The van der Waals surface area contributed by atoms with Crippen LogP contribution in [0.25, 0.3) is 5.69 Å². The second-order valence-electron chi connectivity index (χ2n) is 7.45. The number of alkyl halides is 3. The molecule has 0 aliphatic carbocycles. The van der Waals surface area contributed by atoms with Gasteiger partial charge < -0.3 is 0 Å². The number of carbonyl (C=O) groups is 1. The molecule has 3 aromatic rings. The lowest BCUT2D eigenvalue weighted by Crippen LogP contribution is -2.42. The minimum Gasteiger partial charge on any atom is -0.292 e. The van der Waals surface area contributed by atoms with E-state index in [0.29, 0.717) is 6.07 Å². The fourth-order valence-electron chi connectivity index (χ4n) is 3.21. The van der Waals surface area contributed by atoms with Crippen LogP contribution >= 0.6 is 11.6 Å². The zero-order valence-electron chi connectivity index (χ0n) is 18.5. The quantitative estimate of drug-likeness (QED) is 0.476. The molecule has 1 heterocycles. The number of para-hydroxylation sites is 1. The Balaban J connectivity index is 1.97. The Bertz CT molecular complexity index is 1550. The van der Waals surface area contributed by atoms with Gasteiger partial charge >= 0.3 is 22.1 Å². The highest BCUT2D eigenvalue weighted by molar-refractivity contribution is 7.91. The van der Waals surface area contributed by atoms with Gasteiger partial charge in [-0.2, -0.15) is 21.6 Å². The van der Waals surface area contributed by atoms with E-state index in [4.69, 9.17) is 11.6 Å². The Morgan fingerprint density at radius 3 is 2.31 bits per heavy atom. The van der Waals surface area contributed by atoms with Gasteiger partial charge in [0.2, 0.25) is 5.91 Å². The number of carbonyl (C=O) groups excluding carboxylic acids is 1. The van der Waals surface area contributed by atoms with E-state index in [1.54, 1.807) is 18.2 Å². The second kappa shape index (κ2) is 9.78. The van der Waals surface area contributed by atoms with E-state index in [1.807, 2.05) is 4.72 Å². The van der Waals surface area contributed by atoms with Crippen molar-refractivity contribution in [2.75, 3.05) is 11.4 Å². The Kier molecular flexibility index (Phi) is 7.32. The molecule has 1 aromatic heterocycles. The van der Waals surface area contributed by atoms with Crippen LogP contribution < -0.4 is 20.3 Å². The lowest BCUT2D eigenvalue weighted by molar-refractivity contribution is -0.144. The average Bonchev–Trinajstić information content (AvgIpc) is 2.78. The Morgan fingerprint density at radius 2 is 1.72 bits per heavy atom. The topological polar surface area (TPSA) is 110 Å². The standard InChI is InChI=1S/C21H17ClF4N4O5S/c1-28-17(21(24,25)26)11-19(32)30(20(28)33)16-8-12(14(22)10-15(16)23)9-18(31)27-36(34,35)29(2)13-6-4-3-5-7-13/h3-8,10-11H,9H2,1-2H3,(H,27,31). The van der Waals surface area contributed by atoms with E-state index in [9.17, 15) is 40.4 Å².